The third kappa shape index (κ3) is 5.89. The fourth-order valence-electron chi connectivity index (χ4n) is 2.47. The summed E-state index contributed by atoms with van der Waals surface area (Å²) in [7, 11) is 0. The first-order valence-corrected chi connectivity index (χ1v) is 6.88. The standard InChI is InChI=1S/C13H24N2O3/c1-2-5-11(8-12(16)17)15-13(18)14-9-10-6-3-4-7-10/h10-11H,2-9H2,1H3,(H,16,17)(H2,14,15,18). The van der Waals surface area contributed by atoms with E-state index >= 15 is 0 Å². The van der Waals surface area contributed by atoms with E-state index in [1.165, 1.54) is 25.7 Å². The maximum Gasteiger partial charge on any atom is 0.315 e. The highest BCUT2D eigenvalue weighted by Crippen LogP contribution is 2.23. The number of amides is 2. The highest BCUT2D eigenvalue weighted by atomic mass is 16.4. The Morgan fingerprint density at radius 3 is 2.56 bits per heavy atom. The Kier molecular flexibility index (Phi) is 6.54. The van der Waals surface area contributed by atoms with Crippen LogP contribution in [0, 0.1) is 5.92 Å². The summed E-state index contributed by atoms with van der Waals surface area (Å²) in [5.74, 6) is -0.274. The third-order valence-electron chi connectivity index (χ3n) is 3.42. The summed E-state index contributed by atoms with van der Waals surface area (Å²) in [6.45, 7) is 2.69. The molecule has 0 radical (unpaired) electrons. The second-order valence-corrected chi connectivity index (χ2v) is 5.09. The number of carboxylic acids is 1. The number of nitrogens with one attached hydrogen (secondary N) is 2. The summed E-state index contributed by atoms with van der Waals surface area (Å²) in [5, 5.41) is 14.3. The molecule has 1 unspecified atom stereocenters. The van der Waals surface area contributed by atoms with Gasteiger partial charge in [0.1, 0.15) is 0 Å². The van der Waals surface area contributed by atoms with Gasteiger partial charge in [0.25, 0.3) is 0 Å². The van der Waals surface area contributed by atoms with Gasteiger partial charge < -0.3 is 15.7 Å². The molecule has 104 valence electrons. The Bertz CT molecular complexity index is 275. The lowest BCUT2D eigenvalue weighted by atomic mass is 10.1. The van der Waals surface area contributed by atoms with E-state index in [0.717, 1.165) is 6.42 Å². The number of carbonyl (C=O) groups excluding carboxylic acids is 1. The zero-order valence-electron chi connectivity index (χ0n) is 11.1. The molecule has 0 spiro atoms. The molecule has 18 heavy (non-hydrogen) atoms. The van der Waals surface area contributed by atoms with Crippen LogP contribution in [-0.4, -0.2) is 29.7 Å². The van der Waals surface area contributed by atoms with Gasteiger partial charge in [0, 0.05) is 12.6 Å². The minimum absolute atomic E-state index is 0.00924. The van der Waals surface area contributed by atoms with Crippen molar-refractivity contribution in [2.75, 3.05) is 6.54 Å². The maximum absolute atomic E-state index is 11.7. The summed E-state index contributed by atoms with van der Waals surface area (Å²) in [4.78, 5) is 22.3. The Hall–Kier alpha value is -1.26. The molecule has 1 saturated carbocycles. The Balaban J connectivity index is 2.24. The number of hydrogen-bond donors (Lipinski definition) is 3. The fourth-order valence-corrected chi connectivity index (χ4v) is 2.47. The van der Waals surface area contributed by atoms with E-state index in [2.05, 4.69) is 10.6 Å². The van der Waals surface area contributed by atoms with E-state index < -0.39 is 5.97 Å². The Morgan fingerprint density at radius 2 is 2.00 bits per heavy atom. The van der Waals surface area contributed by atoms with Crippen molar-refractivity contribution in [3.05, 3.63) is 0 Å². The molecule has 3 N–H and O–H groups in total. The smallest absolute Gasteiger partial charge is 0.315 e. The molecular formula is C13H24N2O3. The van der Waals surface area contributed by atoms with Crippen LogP contribution in [0.5, 0.6) is 0 Å². The van der Waals surface area contributed by atoms with Gasteiger partial charge in [-0.15, -0.1) is 0 Å². The van der Waals surface area contributed by atoms with Crippen molar-refractivity contribution in [2.24, 2.45) is 5.92 Å². The van der Waals surface area contributed by atoms with Crippen LogP contribution in [0.4, 0.5) is 4.79 Å². The summed E-state index contributed by atoms with van der Waals surface area (Å²) in [6, 6.07) is -0.502. The van der Waals surface area contributed by atoms with Gasteiger partial charge in [-0.1, -0.05) is 26.2 Å². The molecule has 0 aromatic carbocycles. The SMILES string of the molecule is CCCC(CC(=O)O)NC(=O)NCC1CCCC1. The van der Waals surface area contributed by atoms with Crippen molar-refractivity contribution in [3.63, 3.8) is 0 Å². The Labute approximate surface area is 108 Å². The van der Waals surface area contributed by atoms with Gasteiger partial charge in [0.15, 0.2) is 0 Å². The molecule has 0 saturated heterocycles. The first-order valence-electron chi connectivity index (χ1n) is 6.88. The molecule has 1 atom stereocenters. The minimum atomic E-state index is -0.871. The number of rotatable bonds is 7. The molecule has 2 amide bonds. The Morgan fingerprint density at radius 1 is 1.33 bits per heavy atom. The average molecular weight is 256 g/mol. The van der Waals surface area contributed by atoms with Gasteiger partial charge in [0.05, 0.1) is 6.42 Å². The van der Waals surface area contributed by atoms with Gasteiger partial charge >= 0.3 is 12.0 Å². The molecule has 1 rings (SSSR count). The second-order valence-electron chi connectivity index (χ2n) is 5.09. The summed E-state index contributed by atoms with van der Waals surface area (Å²) >= 11 is 0. The van der Waals surface area contributed by atoms with Crippen LogP contribution in [0.15, 0.2) is 0 Å². The molecule has 0 aromatic rings. The lowest BCUT2D eigenvalue weighted by Crippen LogP contribution is -2.44. The topological polar surface area (TPSA) is 78.4 Å². The third-order valence-corrected chi connectivity index (χ3v) is 3.42. The molecular weight excluding hydrogens is 232 g/mol. The number of aliphatic carboxylic acids is 1. The summed E-state index contributed by atoms with van der Waals surface area (Å²) in [6.07, 6.45) is 6.44. The number of carboxylic acid groups (broad SMARTS) is 1. The van der Waals surface area contributed by atoms with Crippen molar-refractivity contribution in [3.8, 4) is 0 Å². The van der Waals surface area contributed by atoms with E-state index in [4.69, 9.17) is 5.11 Å². The van der Waals surface area contributed by atoms with Gasteiger partial charge in [-0.05, 0) is 25.2 Å². The van der Waals surface area contributed by atoms with Gasteiger partial charge in [-0.3, -0.25) is 4.79 Å². The highest BCUT2D eigenvalue weighted by Gasteiger charge is 2.18. The summed E-state index contributed by atoms with van der Waals surface area (Å²) < 4.78 is 0. The van der Waals surface area contributed by atoms with Crippen molar-refractivity contribution >= 4 is 12.0 Å². The summed E-state index contributed by atoms with van der Waals surface area (Å²) in [5.41, 5.74) is 0. The van der Waals surface area contributed by atoms with Gasteiger partial charge in [-0.2, -0.15) is 0 Å². The van der Waals surface area contributed by atoms with Crippen LogP contribution in [0.25, 0.3) is 0 Å². The highest BCUT2D eigenvalue weighted by molar-refractivity contribution is 5.75. The van der Waals surface area contributed by atoms with Crippen LogP contribution in [0.3, 0.4) is 0 Å². The number of hydrogen-bond acceptors (Lipinski definition) is 2. The maximum atomic E-state index is 11.7. The van der Waals surface area contributed by atoms with Crippen LogP contribution in [0.2, 0.25) is 0 Å². The molecule has 1 fully saturated rings. The van der Waals surface area contributed by atoms with Crippen LogP contribution in [0.1, 0.15) is 51.9 Å². The lowest BCUT2D eigenvalue weighted by molar-refractivity contribution is -0.137. The second kappa shape index (κ2) is 7.95. The van der Waals surface area contributed by atoms with E-state index in [1.54, 1.807) is 0 Å². The molecule has 5 heteroatoms. The van der Waals surface area contributed by atoms with Crippen molar-refractivity contribution < 1.29 is 14.7 Å². The van der Waals surface area contributed by atoms with Crippen molar-refractivity contribution in [1.29, 1.82) is 0 Å². The van der Waals surface area contributed by atoms with Crippen LogP contribution >= 0.6 is 0 Å². The molecule has 0 bridgehead atoms. The number of carbonyl (C=O) groups is 2. The largest absolute Gasteiger partial charge is 0.481 e. The van der Waals surface area contributed by atoms with E-state index in [0.29, 0.717) is 18.9 Å². The number of urea groups is 1. The first-order chi connectivity index (χ1) is 8.61. The lowest BCUT2D eigenvalue weighted by Gasteiger charge is -2.17. The minimum Gasteiger partial charge on any atom is -0.481 e. The van der Waals surface area contributed by atoms with Crippen LogP contribution < -0.4 is 10.6 Å². The first kappa shape index (κ1) is 14.8. The molecule has 1 aliphatic rings. The quantitative estimate of drug-likeness (QED) is 0.653. The molecule has 1 aliphatic carbocycles. The van der Waals surface area contributed by atoms with Crippen molar-refractivity contribution in [1.82, 2.24) is 10.6 Å². The molecule has 0 aromatic heterocycles. The van der Waals surface area contributed by atoms with Gasteiger partial charge in [0.2, 0.25) is 0 Å². The molecule has 0 heterocycles. The zero-order chi connectivity index (χ0) is 13.4. The zero-order valence-corrected chi connectivity index (χ0v) is 11.1. The molecule has 5 nitrogen and oxygen atoms in total. The van der Waals surface area contributed by atoms with E-state index in [-0.39, 0.29) is 18.5 Å². The fraction of sp³-hybridized carbons (Fsp3) is 0.846. The normalized spacial score (nSPS) is 17.4. The molecule has 0 aliphatic heterocycles. The van der Waals surface area contributed by atoms with Crippen LogP contribution in [-0.2, 0) is 4.79 Å². The predicted octanol–water partition coefficient (Wildman–Crippen LogP) is 2.12. The van der Waals surface area contributed by atoms with E-state index in [1.807, 2.05) is 6.92 Å². The van der Waals surface area contributed by atoms with Gasteiger partial charge in [-0.25, -0.2) is 4.79 Å². The predicted molar refractivity (Wildman–Crippen MR) is 69.4 cm³/mol. The average Bonchev–Trinajstić information content (AvgIpc) is 2.78. The van der Waals surface area contributed by atoms with E-state index in [9.17, 15) is 9.59 Å². The van der Waals surface area contributed by atoms with Crippen molar-refractivity contribution in [2.45, 2.75) is 57.9 Å². The monoisotopic (exact) mass is 256 g/mol.